The fourth-order valence-electron chi connectivity index (χ4n) is 1.14. The van der Waals surface area contributed by atoms with Crippen molar-refractivity contribution >= 4 is 17.5 Å². The minimum absolute atomic E-state index is 0.0323. The van der Waals surface area contributed by atoms with Crippen LogP contribution in [0.2, 0.25) is 5.02 Å². The van der Waals surface area contributed by atoms with Crippen LogP contribution in [0.15, 0.2) is 18.2 Å². The number of likely N-dealkylation sites (N-methyl/N-ethyl adjacent to an activating group) is 1. The molecule has 1 aromatic rings. The van der Waals surface area contributed by atoms with Crippen molar-refractivity contribution in [2.24, 2.45) is 0 Å². The molecule has 0 aliphatic rings. The molecular formula is C12H16ClNO2. The van der Waals surface area contributed by atoms with Gasteiger partial charge in [-0.3, -0.25) is 4.79 Å². The van der Waals surface area contributed by atoms with Gasteiger partial charge in [-0.2, -0.15) is 0 Å². The lowest BCUT2D eigenvalue weighted by molar-refractivity contribution is -0.131. The second kappa shape index (κ2) is 5.75. The van der Waals surface area contributed by atoms with Crippen LogP contribution in [0.3, 0.4) is 0 Å². The van der Waals surface area contributed by atoms with Crippen molar-refractivity contribution in [1.82, 2.24) is 4.90 Å². The Balaban J connectivity index is 2.55. The maximum absolute atomic E-state index is 11.5. The Bertz CT molecular complexity index is 379. The number of aryl methyl sites for hydroxylation is 1. The van der Waals surface area contributed by atoms with Crippen LogP contribution in [0.1, 0.15) is 12.5 Å². The average molecular weight is 242 g/mol. The van der Waals surface area contributed by atoms with E-state index in [9.17, 15) is 4.79 Å². The minimum atomic E-state index is -0.0323. The highest BCUT2D eigenvalue weighted by Gasteiger charge is 2.07. The number of ether oxygens (including phenoxy) is 1. The molecule has 0 fully saturated rings. The van der Waals surface area contributed by atoms with Crippen molar-refractivity contribution in [2.75, 3.05) is 20.2 Å². The van der Waals surface area contributed by atoms with Gasteiger partial charge in [-0.1, -0.05) is 11.6 Å². The van der Waals surface area contributed by atoms with Crippen molar-refractivity contribution in [1.29, 1.82) is 0 Å². The third kappa shape index (κ3) is 3.42. The zero-order chi connectivity index (χ0) is 12.1. The maximum Gasteiger partial charge on any atom is 0.260 e. The summed E-state index contributed by atoms with van der Waals surface area (Å²) in [5, 5.41) is 0.698. The summed E-state index contributed by atoms with van der Waals surface area (Å²) in [6.45, 7) is 4.56. The Hall–Kier alpha value is -1.22. The van der Waals surface area contributed by atoms with Crippen LogP contribution in [0.4, 0.5) is 0 Å². The molecule has 4 heteroatoms. The van der Waals surface area contributed by atoms with E-state index < -0.39 is 0 Å². The monoisotopic (exact) mass is 241 g/mol. The molecule has 88 valence electrons. The van der Waals surface area contributed by atoms with Gasteiger partial charge in [-0.05, 0) is 37.6 Å². The minimum Gasteiger partial charge on any atom is -0.484 e. The van der Waals surface area contributed by atoms with Crippen molar-refractivity contribution in [2.45, 2.75) is 13.8 Å². The van der Waals surface area contributed by atoms with Gasteiger partial charge < -0.3 is 9.64 Å². The number of halogens is 1. The summed E-state index contributed by atoms with van der Waals surface area (Å²) in [5.41, 5.74) is 0.940. The van der Waals surface area contributed by atoms with Gasteiger partial charge in [0.15, 0.2) is 6.61 Å². The van der Waals surface area contributed by atoms with Gasteiger partial charge in [0.1, 0.15) is 5.75 Å². The summed E-state index contributed by atoms with van der Waals surface area (Å²) in [6, 6.07) is 5.34. The maximum atomic E-state index is 11.5. The molecule has 0 aliphatic heterocycles. The molecule has 1 aromatic carbocycles. The molecule has 0 atom stereocenters. The van der Waals surface area contributed by atoms with E-state index in [0.29, 0.717) is 17.3 Å². The summed E-state index contributed by atoms with van der Waals surface area (Å²) in [6.07, 6.45) is 0. The summed E-state index contributed by atoms with van der Waals surface area (Å²) < 4.78 is 5.38. The highest BCUT2D eigenvalue weighted by atomic mass is 35.5. The normalized spacial score (nSPS) is 10.0. The summed E-state index contributed by atoms with van der Waals surface area (Å²) in [5.74, 6) is 0.634. The van der Waals surface area contributed by atoms with E-state index >= 15 is 0 Å². The molecule has 0 heterocycles. The fraction of sp³-hybridized carbons (Fsp3) is 0.417. The highest BCUT2D eigenvalue weighted by Crippen LogP contribution is 2.20. The zero-order valence-electron chi connectivity index (χ0n) is 9.79. The van der Waals surface area contributed by atoms with E-state index in [1.807, 2.05) is 19.9 Å². The van der Waals surface area contributed by atoms with Gasteiger partial charge in [0.05, 0.1) is 0 Å². The fourth-order valence-corrected chi connectivity index (χ4v) is 1.26. The Morgan fingerprint density at radius 1 is 1.50 bits per heavy atom. The molecule has 16 heavy (non-hydrogen) atoms. The number of hydrogen-bond acceptors (Lipinski definition) is 2. The second-order valence-electron chi connectivity index (χ2n) is 3.61. The molecule has 0 N–H and O–H groups in total. The lowest BCUT2D eigenvalue weighted by atomic mass is 10.2. The van der Waals surface area contributed by atoms with Crippen LogP contribution < -0.4 is 4.74 Å². The van der Waals surface area contributed by atoms with Gasteiger partial charge in [0.2, 0.25) is 0 Å². The van der Waals surface area contributed by atoms with E-state index in [2.05, 4.69) is 0 Å². The third-order valence-electron chi connectivity index (χ3n) is 2.39. The number of hydrogen-bond donors (Lipinski definition) is 0. The van der Waals surface area contributed by atoms with E-state index in [1.165, 1.54) is 0 Å². The number of carbonyl (C=O) groups is 1. The largest absolute Gasteiger partial charge is 0.484 e. The zero-order valence-corrected chi connectivity index (χ0v) is 10.5. The van der Waals surface area contributed by atoms with Crippen LogP contribution >= 0.6 is 11.6 Å². The highest BCUT2D eigenvalue weighted by molar-refractivity contribution is 6.31. The van der Waals surface area contributed by atoms with Crippen LogP contribution in [0.25, 0.3) is 0 Å². The van der Waals surface area contributed by atoms with Gasteiger partial charge in [0, 0.05) is 18.6 Å². The van der Waals surface area contributed by atoms with E-state index in [0.717, 1.165) is 5.56 Å². The Labute approximate surface area is 101 Å². The molecule has 0 saturated carbocycles. The molecule has 0 radical (unpaired) electrons. The molecule has 0 aliphatic carbocycles. The number of nitrogens with zero attached hydrogens (tertiary/aromatic N) is 1. The second-order valence-corrected chi connectivity index (χ2v) is 4.01. The number of amides is 1. The Morgan fingerprint density at radius 3 is 2.75 bits per heavy atom. The van der Waals surface area contributed by atoms with Gasteiger partial charge in [0.25, 0.3) is 5.91 Å². The van der Waals surface area contributed by atoms with Crippen LogP contribution in [0, 0.1) is 6.92 Å². The third-order valence-corrected chi connectivity index (χ3v) is 2.82. The van der Waals surface area contributed by atoms with Crippen molar-refractivity contribution < 1.29 is 9.53 Å². The SMILES string of the molecule is CCN(C)C(=O)COc1ccc(Cl)c(C)c1. The quantitative estimate of drug-likeness (QED) is 0.811. The molecular weight excluding hydrogens is 226 g/mol. The van der Waals surface area contributed by atoms with E-state index in [4.69, 9.17) is 16.3 Å². The Kier molecular flexibility index (Phi) is 4.62. The number of carbonyl (C=O) groups excluding carboxylic acids is 1. The first-order valence-corrected chi connectivity index (χ1v) is 5.55. The van der Waals surface area contributed by atoms with Crippen LogP contribution in [-0.2, 0) is 4.79 Å². The van der Waals surface area contributed by atoms with Gasteiger partial charge in [-0.15, -0.1) is 0 Å². The molecule has 0 spiro atoms. The molecule has 0 aromatic heterocycles. The lowest BCUT2D eigenvalue weighted by Gasteiger charge is -2.15. The molecule has 0 bridgehead atoms. The predicted octanol–water partition coefficient (Wildman–Crippen LogP) is 2.51. The molecule has 1 amide bonds. The van der Waals surface area contributed by atoms with Crippen molar-refractivity contribution in [3.05, 3.63) is 28.8 Å². The Morgan fingerprint density at radius 2 is 2.19 bits per heavy atom. The van der Waals surface area contributed by atoms with Crippen LogP contribution in [-0.4, -0.2) is 31.0 Å². The van der Waals surface area contributed by atoms with Crippen LogP contribution in [0.5, 0.6) is 5.75 Å². The van der Waals surface area contributed by atoms with E-state index in [1.54, 1.807) is 24.1 Å². The predicted molar refractivity (Wildman–Crippen MR) is 65.0 cm³/mol. The summed E-state index contributed by atoms with van der Waals surface area (Å²) in [7, 11) is 1.75. The van der Waals surface area contributed by atoms with Crippen molar-refractivity contribution in [3.8, 4) is 5.75 Å². The topological polar surface area (TPSA) is 29.5 Å². The number of benzene rings is 1. The standard InChI is InChI=1S/C12H16ClNO2/c1-4-14(3)12(15)8-16-10-5-6-11(13)9(2)7-10/h5-7H,4,8H2,1-3H3. The van der Waals surface area contributed by atoms with Crippen molar-refractivity contribution in [3.63, 3.8) is 0 Å². The first-order valence-electron chi connectivity index (χ1n) is 5.17. The smallest absolute Gasteiger partial charge is 0.260 e. The van der Waals surface area contributed by atoms with E-state index in [-0.39, 0.29) is 12.5 Å². The summed E-state index contributed by atoms with van der Waals surface area (Å²) >= 11 is 5.89. The molecule has 0 saturated heterocycles. The average Bonchev–Trinajstić information content (AvgIpc) is 2.29. The molecule has 0 unspecified atom stereocenters. The molecule has 1 rings (SSSR count). The van der Waals surface area contributed by atoms with Gasteiger partial charge in [-0.25, -0.2) is 0 Å². The first kappa shape index (κ1) is 12.8. The van der Waals surface area contributed by atoms with Gasteiger partial charge >= 0.3 is 0 Å². The summed E-state index contributed by atoms with van der Waals surface area (Å²) in [4.78, 5) is 13.1. The first-order chi connectivity index (χ1) is 7.54. The lowest BCUT2D eigenvalue weighted by Crippen LogP contribution is -2.31. The number of rotatable bonds is 4. The molecule has 3 nitrogen and oxygen atoms in total.